The fraction of sp³-hybridized carbons (Fsp3) is 0.286. The van der Waals surface area contributed by atoms with Gasteiger partial charge in [0.1, 0.15) is 11.6 Å². The van der Waals surface area contributed by atoms with Crippen LogP contribution in [0.4, 0.5) is 11.6 Å². The van der Waals surface area contributed by atoms with Crippen LogP contribution in [0, 0.1) is 0 Å². The van der Waals surface area contributed by atoms with E-state index in [2.05, 4.69) is 11.9 Å². The van der Waals surface area contributed by atoms with Gasteiger partial charge in [0.2, 0.25) is 0 Å². The average Bonchev–Trinajstić information content (AvgIpc) is 1.85. The van der Waals surface area contributed by atoms with E-state index in [9.17, 15) is 0 Å². The van der Waals surface area contributed by atoms with Crippen molar-refractivity contribution in [3.8, 4) is 0 Å². The lowest BCUT2D eigenvalue weighted by atomic mass is 10.4. The van der Waals surface area contributed by atoms with Crippen molar-refractivity contribution < 1.29 is 0 Å². The second-order valence-electron chi connectivity index (χ2n) is 2.09. The number of pyridine rings is 1. The molecule has 0 saturated carbocycles. The molecule has 0 fully saturated rings. The standard InChI is InChI=1S/C7H11N3S/c1-2-11-5-3-6(8)10-7(9)4-5/h3-4H,2H2,1H3,(H4,8,9,10). The van der Waals surface area contributed by atoms with Gasteiger partial charge in [-0.3, -0.25) is 0 Å². The van der Waals surface area contributed by atoms with Gasteiger partial charge in [-0.05, 0) is 17.9 Å². The quantitative estimate of drug-likeness (QED) is 0.656. The van der Waals surface area contributed by atoms with Crippen LogP contribution in [0.5, 0.6) is 0 Å². The molecule has 1 aromatic heterocycles. The fourth-order valence-electron chi connectivity index (χ4n) is 0.797. The Kier molecular flexibility index (Phi) is 2.59. The van der Waals surface area contributed by atoms with Gasteiger partial charge in [-0.1, -0.05) is 6.92 Å². The number of hydrogen-bond acceptors (Lipinski definition) is 4. The summed E-state index contributed by atoms with van der Waals surface area (Å²) in [5, 5.41) is 0. The van der Waals surface area contributed by atoms with E-state index >= 15 is 0 Å². The molecule has 0 radical (unpaired) electrons. The van der Waals surface area contributed by atoms with Crippen molar-refractivity contribution >= 4 is 23.4 Å². The van der Waals surface area contributed by atoms with Gasteiger partial charge in [0.05, 0.1) is 0 Å². The highest BCUT2D eigenvalue weighted by molar-refractivity contribution is 7.99. The van der Waals surface area contributed by atoms with Crippen molar-refractivity contribution in [3.63, 3.8) is 0 Å². The molecule has 0 aliphatic carbocycles. The number of nitrogen functional groups attached to an aromatic ring is 2. The van der Waals surface area contributed by atoms with Crippen LogP contribution < -0.4 is 11.5 Å². The summed E-state index contributed by atoms with van der Waals surface area (Å²) in [6, 6.07) is 3.65. The molecule has 4 heteroatoms. The Labute approximate surface area is 70.2 Å². The minimum atomic E-state index is 0.487. The summed E-state index contributed by atoms with van der Waals surface area (Å²) in [6.45, 7) is 2.08. The molecular weight excluding hydrogens is 158 g/mol. The molecule has 60 valence electrons. The number of rotatable bonds is 2. The molecule has 11 heavy (non-hydrogen) atoms. The van der Waals surface area contributed by atoms with Crippen LogP contribution in [0.2, 0.25) is 0 Å². The molecule has 0 amide bonds. The van der Waals surface area contributed by atoms with E-state index in [4.69, 9.17) is 11.5 Å². The summed E-state index contributed by atoms with van der Waals surface area (Å²) in [5.41, 5.74) is 11.0. The van der Waals surface area contributed by atoms with Crippen LogP contribution in [-0.4, -0.2) is 10.7 Å². The lowest BCUT2D eigenvalue weighted by Gasteiger charge is -2.00. The minimum absolute atomic E-state index is 0.487. The Balaban J connectivity index is 2.89. The Bertz CT molecular complexity index is 229. The van der Waals surface area contributed by atoms with Crippen molar-refractivity contribution in [1.29, 1.82) is 0 Å². The number of nitrogens with two attached hydrogens (primary N) is 2. The summed E-state index contributed by atoms with van der Waals surface area (Å²) in [4.78, 5) is 4.94. The van der Waals surface area contributed by atoms with Gasteiger partial charge in [0.15, 0.2) is 0 Å². The van der Waals surface area contributed by atoms with Crippen molar-refractivity contribution in [2.24, 2.45) is 0 Å². The van der Waals surface area contributed by atoms with E-state index in [0.717, 1.165) is 10.6 Å². The van der Waals surface area contributed by atoms with Crippen LogP contribution in [-0.2, 0) is 0 Å². The fourth-order valence-corrected chi connectivity index (χ4v) is 1.54. The maximum atomic E-state index is 5.49. The first-order valence-electron chi connectivity index (χ1n) is 3.38. The average molecular weight is 169 g/mol. The topological polar surface area (TPSA) is 64.9 Å². The van der Waals surface area contributed by atoms with Crippen molar-refractivity contribution in [2.45, 2.75) is 11.8 Å². The van der Waals surface area contributed by atoms with E-state index in [0.29, 0.717) is 11.6 Å². The number of thioether (sulfide) groups is 1. The normalized spacial score (nSPS) is 9.91. The molecule has 0 bridgehead atoms. The number of anilines is 2. The van der Waals surface area contributed by atoms with Gasteiger partial charge in [-0.15, -0.1) is 11.8 Å². The smallest absolute Gasteiger partial charge is 0.126 e. The van der Waals surface area contributed by atoms with Gasteiger partial charge in [0.25, 0.3) is 0 Å². The Morgan fingerprint density at radius 3 is 2.36 bits per heavy atom. The second kappa shape index (κ2) is 3.48. The number of hydrogen-bond donors (Lipinski definition) is 2. The number of nitrogens with zero attached hydrogens (tertiary/aromatic N) is 1. The van der Waals surface area contributed by atoms with Crippen LogP contribution in [0.3, 0.4) is 0 Å². The zero-order chi connectivity index (χ0) is 8.27. The molecule has 0 aliphatic heterocycles. The SMILES string of the molecule is CCSc1cc(N)nc(N)c1. The third-order valence-corrected chi connectivity index (χ3v) is 2.01. The molecule has 1 aromatic rings. The van der Waals surface area contributed by atoms with Crippen molar-refractivity contribution in [1.82, 2.24) is 4.98 Å². The predicted octanol–water partition coefficient (Wildman–Crippen LogP) is 1.36. The summed E-state index contributed by atoms with van der Waals surface area (Å²) < 4.78 is 0. The molecule has 3 nitrogen and oxygen atoms in total. The monoisotopic (exact) mass is 169 g/mol. The van der Waals surface area contributed by atoms with Crippen LogP contribution >= 0.6 is 11.8 Å². The van der Waals surface area contributed by atoms with Gasteiger partial charge in [-0.25, -0.2) is 4.98 Å². The molecule has 0 spiro atoms. The van der Waals surface area contributed by atoms with E-state index in [-0.39, 0.29) is 0 Å². The maximum Gasteiger partial charge on any atom is 0.126 e. The highest BCUT2D eigenvalue weighted by atomic mass is 32.2. The molecule has 4 N–H and O–H groups in total. The summed E-state index contributed by atoms with van der Waals surface area (Å²) in [6.07, 6.45) is 0. The predicted molar refractivity (Wildman–Crippen MR) is 49.5 cm³/mol. The Morgan fingerprint density at radius 1 is 1.36 bits per heavy atom. The van der Waals surface area contributed by atoms with Gasteiger partial charge in [-0.2, -0.15) is 0 Å². The highest BCUT2D eigenvalue weighted by Gasteiger charge is 1.96. The highest BCUT2D eigenvalue weighted by Crippen LogP contribution is 2.20. The van der Waals surface area contributed by atoms with E-state index in [1.807, 2.05) is 12.1 Å². The van der Waals surface area contributed by atoms with Gasteiger partial charge >= 0.3 is 0 Å². The zero-order valence-electron chi connectivity index (χ0n) is 6.37. The van der Waals surface area contributed by atoms with Crippen LogP contribution in [0.15, 0.2) is 17.0 Å². The first kappa shape index (κ1) is 8.20. The summed E-state index contributed by atoms with van der Waals surface area (Å²) in [7, 11) is 0. The molecule has 0 aromatic carbocycles. The summed E-state index contributed by atoms with van der Waals surface area (Å²) >= 11 is 1.70. The van der Waals surface area contributed by atoms with Crippen LogP contribution in [0.25, 0.3) is 0 Å². The first-order chi connectivity index (χ1) is 5.22. The van der Waals surface area contributed by atoms with E-state index in [1.54, 1.807) is 11.8 Å². The molecule has 0 atom stereocenters. The lowest BCUT2D eigenvalue weighted by molar-refractivity contribution is 1.28. The van der Waals surface area contributed by atoms with E-state index in [1.165, 1.54) is 0 Å². The van der Waals surface area contributed by atoms with Gasteiger partial charge in [0, 0.05) is 4.90 Å². The third-order valence-electron chi connectivity index (χ3n) is 1.15. The molecule has 1 rings (SSSR count). The molecule has 1 heterocycles. The minimum Gasteiger partial charge on any atom is -0.384 e. The molecule has 0 aliphatic rings. The van der Waals surface area contributed by atoms with E-state index < -0.39 is 0 Å². The van der Waals surface area contributed by atoms with Crippen molar-refractivity contribution in [2.75, 3.05) is 17.2 Å². The molecule has 0 unspecified atom stereocenters. The van der Waals surface area contributed by atoms with Gasteiger partial charge < -0.3 is 11.5 Å². The summed E-state index contributed by atoms with van der Waals surface area (Å²) in [5.74, 6) is 1.99. The first-order valence-corrected chi connectivity index (χ1v) is 4.36. The second-order valence-corrected chi connectivity index (χ2v) is 3.42. The van der Waals surface area contributed by atoms with Crippen molar-refractivity contribution in [3.05, 3.63) is 12.1 Å². The number of aromatic nitrogens is 1. The lowest BCUT2D eigenvalue weighted by Crippen LogP contribution is -1.95. The zero-order valence-corrected chi connectivity index (χ0v) is 7.19. The molecular formula is C7H11N3S. The third kappa shape index (κ3) is 2.31. The maximum absolute atomic E-state index is 5.49. The largest absolute Gasteiger partial charge is 0.384 e. The van der Waals surface area contributed by atoms with Crippen LogP contribution in [0.1, 0.15) is 6.92 Å². The Hall–Kier alpha value is -0.900. The molecule has 0 saturated heterocycles. The Morgan fingerprint density at radius 2 is 1.91 bits per heavy atom.